The second-order valence-corrected chi connectivity index (χ2v) is 4.18. The second kappa shape index (κ2) is 4.10. The van der Waals surface area contributed by atoms with E-state index in [1.807, 2.05) is 31.2 Å². The van der Waals surface area contributed by atoms with Crippen LogP contribution in [0.1, 0.15) is 31.0 Å². The molecule has 1 aliphatic carbocycles. The number of hydrogen-bond donors (Lipinski definition) is 2. The highest BCUT2D eigenvalue weighted by atomic mass is 16.4. The van der Waals surface area contributed by atoms with Gasteiger partial charge in [0.2, 0.25) is 0 Å². The highest BCUT2D eigenvalue weighted by Crippen LogP contribution is 2.33. The van der Waals surface area contributed by atoms with E-state index in [-0.39, 0.29) is 6.04 Å². The molecule has 0 saturated heterocycles. The minimum atomic E-state index is -0.822. The van der Waals surface area contributed by atoms with Crippen molar-refractivity contribution < 1.29 is 9.90 Å². The first-order valence-electron chi connectivity index (χ1n) is 5.35. The van der Waals surface area contributed by atoms with Crippen LogP contribution in [0.3, 0.4) is 0 Å². The van der Waals surface area contributed by atoms with Gasteiger partial charge in [-0.3, -0.25) is 10.1 Å². The molecule has 3 nitrogen and oxygen atoms in total. The molecule has 0 spiro atoms. The summed E-state index contributed by atoms with van der Waals surface area (Å²) in [5.41, 5.74) is 3.50. The number of carbonyl (C=O) groups is 1. The highest BCUT2D eigenvalue weighted by molar-refractivity contribution is 5.73. The summed E-state index contributed by atoms with van der Waals surface area (Å²) >= 11 is 0. The molecule has 0 bridgehead atoms. The van der Waals surface area contributed by atoms with Crippen LogP contribution in [-0.4, -0.2) is 17.1 Å². The van der Waals surface area contributed by atoms with Gasteiger partial charge < -0.3 is 5.11 Å². The van der Waals surface area contributed by atoms with E-state index < -0.39 is 12.0 Å². The number of fused-ring (bicyclic) bond motifs is 1. The van der Waals surface area contributed by atoms with Crippen molar-refractivity contribution in [2.75, 3.05) is 0 Å². The molecule has 0 radical (unpaired) electrons. The van der Waals surface area contributed by atoms with Gasteiger partial charge in [-0.05, 0) is 25.0 Å². The number of carboxylic acids is 1. The molecule has 2 unspecified atom stereocenters. The van der Waals surface area contributed by atoms with Crippen molar-refractivity contribution in [1.29, 1.82) is 0 Å². The fourth-order valence-electron chi connectivity index (χ4n) is 2.02. The Balaban J connectivity index is 2.24. The van der Waals surface area contributed by atoms with Crippen LogP contribution in [0, 0.1) is 0 Å². The van der Waals surface area contributed by atoms with Crippen LogP contribution in [0.15, 0.2) is 29.8 Å². The van der Waals surface area contributed by atoms with E-state index >= 15 is 0 Å². The lowest BCUT2D eigenvalue weighted by molar-refractivity contribution is -0.139. The van der Waals surface area contributed by atoms with Crippen molar-refractivity contribution in [2.24, 2.45) is 0 Å². The third kappa shape index (κ3) is 1.86. The summed E-state index contributed by atoms with van der Waals surface area (Å²) in [5.74, 6) is -0.822. The molecule has 3 heteroatoms. The van der Waals surface area contributed by atoms with Crippen molar-refractivity contribution >= 4 is 12.0 Å². The van der Waals surface area contributed by atoms with E-state index in [0.29, 0.717) is 0 Å². The monoisotopic (exact) mass is 217 g/mol. The van der Waals surface area contributed by atoms with E-state index in [4.69, 9.17) is 5.11 Å². The Morgan fingerprint density at radius 2 is 2.12 bits per heavy atom. The summed E-state index contributed by atoms with van der Waals surface area (Å²) in [6.07, 6.45) is 2.10. The van der Waals surface area contributed by atoms with Crippen molar-refractivity contribution in [2.45, 2.75) is 25.9 Å². The number of aliphatic carboxylic acids is 1. The SMILES string of the molecule is CC1=Cc2ccccc2C1NC(C)C(=O)O. The average Bonchev–Trinajstić information content (AvgIpc) is 2.55. The molecular weight excluding hydrogens is 202 g/mol. The lowest BCUT2D eigenvalue weighted by atomic mass is 10.0. The maximum atomic E-state index is 10.8. The third-order valence-electron chi connectivity index (χ3n) is 2.93. The zero-order valence-electron chi connectivity index (χ0n) is 9.40. The molecule has 16 heavy (non-hydrogen) atoms. The van der Waals surface area contributed by atoms with Gasteiger partial charge in [0.1, 0.15) is 6.04 Å². The van der Waals surface area contributed by atoms with E-state index in [0.717, 1.165) is 11.1 Å². The molecule has 0 saturated carbocycles. The van der Waals surface area contributed by atoms with Crippen LogP contribution < -0.4 is 5.32 Å². The largest absolute Gasteiger partial charge is 0.480 e. The average molecular weight is 217 g/mol. The minimum absolute atomic E-state index is 0.0299. The molecule has 1 aromatic rings. The van der Waals surface area contributed by atoms with Gasteiger partial charge in [0, 0.05) is 0 Å². The molecule has 0 fully saturated rings. The summed E-state index contributed by atoms with van der Waals surface area (Å²) in [4.78, 5) is 10.8. The van der Waals surface area contributed by atoms with Gasteiger partial charge in [-0.25, -0.2) is 0 Å². The zero-order valence-corrected chi connectivity index (χ0v) is 9.40. The topological polar surface area (TPSA) is 49.3 Å². The first-order chi connectivity index (χ1) is 7.59. The predicted octanol–water partition coefficient (Wildman–Crippen LogP) is 2.21. The minimum Gasteiger partial charge on any atom is -0.480 e. The molecule has 0 aromatic heterocycles. The summed E-state index contributed by atoms with van der Waals surface area (Å²) in [6.45, 7) is 3.68. The Bertz CT molecular complexity index is 451. The Kier molecular flexibility index (Phi) is 2.79. The van der Waals surface area contributed by atoms with Crippen LogP contribution in [0.4, 0.5) is 0 Å². The van der Waals surface area contributed by atoms with Crippen LogP contribution in [0.25, 0.3) is 6.08 Å². The van der Waals surface area contributed by atoms with E-state index in [1.165, 1.54) is 5.56 Å². The van der Waals surface area contributed by atoms with Gasteiger partial charge in [-0.2, -0.15) is 0 Å². The Morgan fingerprint density at radius 1 is 1.44 bits per heavy atom. The van der Waals surface area contributed by atoms with Crippen LogP contribution in [0.5, 0.6) is 0 Å². The molecule has 1 aliphatic rings. The predicted molar refractivity (Wildman–Crippen MR) is 63.1 cm³/mol. The van der Waals surface area contributed by atoms with Crippen molar-refractivity contribution in [3.63, 3.8) is 0 Å². The van der Waals surface area contributed by atoms with Crippen LogP contribution in [-0.2, 0) is 4.79 Å². The second-order valence-electron chi connectivity index (χ2n) is 4.18. The van der Waals surface area contributed by atoms with Gasteiger partial charge in [0.05, 0.1) is 6.04 Å². The molecule has 2 N–H and O–H groups in total. The number of benzene rings is 1. The van der Waals surface area contributed by atoms with Crippen LogP contribution >= 0.6 is 0 Å². The maximum absolute atomic E-state index is 10.8. The number of rotatable bonds is 3. The molecule has 0 amide bonds. The number of nitrogens with one attached hydrogen (secondary N) is 1. The van der Waals surface area contributed by atoms with E-state index in [1.54, 1.807) is 6.92 Å². The molecule has 84 valence electrons. The Labute approximate surface area is 94.8 Å². The fraction of sp³-hybridized carbons (Fsp3) is 0.308. The van der Waals surface area contributed by atoms with Gasteiger partial charge >= 0.3 is 5.97 Å². The van der Waals surface area contributed by atoms with Gasteiger partial charge in [0.15, 0.2) is 0 Å². The summed E-state index contributed by atoms with van der Waals surface area (Å²) in [5, 5.41) is 12.0. The van der Waals surface area contributed by atoms with Crippen molar-refractivity contribution in [3.05, 3.63) is 41.0 Å². The molecule has 0 heterocycles. The first-order valence-corrected chi connectivity index (χ1v) is 5.35. The van der Waals surface area contributed by atoms with E-state index in [2.05, 4.69) is 11.4 Å². The van der Waals surface area contributed by atoms with E-state index in [9.17, 15) is 4.79 Å². The molecule has 0 aliphatic heterocycles. The first kappa shape index (κ1) is 10.9. The summed E-state index contributed by atoms with van der Waals surface area (Å²) in [6, 6.07) is 7.54. The zero-order chi connectivity index (χ0) is 11.7. The number of hydrogen-bond acceptors (Lipinski definition) is 2. The van der Waals surface area contributed by atoms with Gasteiger partial charge in [0.25, 0.3) is 0 Å². The van der Waals surface area contributed by atoms with Gasteiger partial charge in [-0.15, -0.1) is 0 Å². The third-order valence-corrected chi connectivity index (χ3v) is 2.93. The number of carboxylic acid groups (broad SMARTS) is 1. The molecule has 1 aromatic carbocycles. The van der Waals surface area contributed by atoms with Crippen molar-refractivity contribution in [1.82, 2.24) is 5.32 Å². The smallest absolute Gasteiger partial charge is 0.320 e. The highest BCUT2D eigenvalue weighted by Gasteiger charge is 2.25. The molecular formula is C13H15NO2. The molecule has 2 atom stereocenters. The van der Waals surface area contributed by atoms with Gasteiger partial charge in [-0.1, -0.05) is 35.9 Å². The van der Waals surface area contributed by atoms with Crippen molar-refractivity contribution in [3.8, 4) is 0 Å². The normalized spacial score (nSPS) is 20.1. The lowest BCUT2D eigenvalue weighted by Gasteiger charge is -2.19. The summed E-state index contributed by atoms with van der Waals surface area (Å²) in [7, 11) is 0. The van der Waals surface area contributed by atoms with Crippen LogP contribution in [0.2, 0.25) is 0 Å². The Morgan fingerprint density at radius 3 is 2.81 bits per heavy atom. The quantitative estimate of drug-likeness (QED) is 0.816. The Hall–Kier alpha value is -1.61. The summed E-state index contributed by atoms with van der Waals surface area (Å²) < 4.78 is 0. The maximum Gasteiger partial charge on any atom is 0.320 e. The fourth-order valence-corrected chi connectivity index (χ4v) is 2.02. The molecule has 2 rings (SSSR count). The standard InChI is InChI=1S/C13H15NO2/c1-8-7-10-5-3-4-6-11(10)12(8)14-9(2)13(15)16/h3-7,9,12,14H,1-2H3,(H,15,16). The lowest BCUT2D eigenvalue weighted by Crippen LogP contribution is -2.36.